The summed E-state index contributed by atoms with van der Waals surface area (Å²) in [4.78, 5) is 9.97. The first-order valence-corrected chi connectivity index (χ1v) is 7.32. The highest BCUT2D eigenvalue weighted by molar-refractivity contribution is 5.47. The van der Waals surface area contributed by atoms with Crippen LogP contribution in [0.1, 0.15) is 24.4 Å². The highest BCUT2D eigenvalue weighted by atomic mass is 19.1. The third-order valence-corrected chi connectivity index (χ3v) is 4.06. The summed E-state index contributed by atoms with van der Waals surface area (Å²) < 4.78 is 16.2. The lowest BCUT2D eigenvalue weighted by molar-refractivity contribution is 0.475. The van der Waals surface area contributed by atoms with Crippen molar-refractivity contribution in [3.8, 4) is 0 Å². The Bertz CT molecular complexity index is 824. The molecule has 0 unspecified atom stereocenters. The van der Waals surface area contributed by atoms with Gasteiger partial charge in [0, 0.05) is 19.3 Å². The quantitative estimate of drug-likeness (QED) is 0.738. The SMILES string of the molecule is CCc1ncnc(N2CC(c3nnc4ccccn34)C2)c1F. The number of fused-ring (bicyclic) bond motifs is 1. The third kappa shape index (κ3) is 1.93. The molecule has 1 aliphatic heterocycles. The van der Waals surface area contributed by atoms with Crippen molar-refractivity contribution < 1.29 is 4.39 Å². The molecule has 4 heterocycles. The highest BCUT2D eigenvalue weighted by Gasteiger charge is 2.34. The average Bonchev–Trinajstić information content (AvgIpc) is 2.92. The summed E-state index contributed by atoms with van der Waals surface area (Å²) in [5.41, 5.74) is 1.29. The smallest absolute Gasteiger partial charge is 0.187 e. The molecule has 1 fully saturated rings. The lowest BCUT2D eigenvalue weighted by Gasteiger charge is -2.39. The Labute approximate surface area is 126 Å². The number of anilines is 1. The van der Waals surface area contributed by atoms with Crippen molar-refractivity contribution in [1.29, 1.82) is 0 Å². The molecule has 3 aromatic rings. The zero-order valence-electron chi connectivity index (χ0n) is 12.1. The second-order valence-electron chi connectivity index (χ2n) is 5.40. The summed E-state index contributed by atoms with van der Waals surface area (Å²) in [6.45, 7) is 3.26. The maximum Gasteiger partial charge on any atom is 0.187 e. The Morgan fingerprint density at radius 3 is 2.91 bits per heavy atom. The predicted molar refractivity (Wildman–Crippen MR) is 79.3 cm³/mol. The van der Waals surface area contributed by atoms with Gasteiger partial charge in [-0.25, -0.2) is 14.4 Å². The minimum atomic E-state index is -0.311. The molecule has 22 heavy (non-hydrogen) atoms. The lowest BCUT2D eigenvalue weighted by atomic mass is 9.99. The molecule has 1 saturated heterocycles. The summed E-state index contributed by atoms with van der Waals surface area (Å²) in [6.07, 6.45) is 3.94. The molecule has 4 rings (SSSR count). The zero-order valence-corrected chi connectivity index (χ0v) is 12.1. The molecular weight excluding hydrogens is 283 g/mol. The van der Waals surface area contributed by atoms with E-state index in [1.807, 2.05) is 40.6 Å². The van der Waals surface area contributed by atoms with Gasteiger partial charge in [-0.2, -0.15) is 0 Å². The van der Waals surface area contributed by atoms with E-state index in [-0.39, 0.29) is 11.7 Å². The van der Waals surface area contributed by atoms with Crippen molar-refractivity contribution in [2.45, 2.75) is 19.3 Å². The van der Waals surface area contributed by atoms with Crippen LogP contribution in [0.25, 0.3) is 5.65 Å². The summed E-state index contributed by atoms with van der Waals surface area (Å²) in [6, 6.07) is 5.81. The molecule has 3 aromatic heterocycles. The monoisotopic (exact) mass is 298 g/mol. The van der Waals surface area contributed by atoms with Gasteiger partial charge in [-0.05, 0) is 18.6 Å². The maximum atomic E-state index is 14.3. The fourth-order valence-electron chi connectivity index (χ4n) is 2.82. The number of aromatic nitrogens is 5. The van der Waals surface area contributed by atoms with E-state index in [9.17, 15) is 4.39 Å². The van der Waals surface area contributed by atoms with Gasteiger partial charge in [-0.3, -0.25) is 4.40 Å². The zero-order chi connectivity index (χ0) is 15.1. The van der Waals surface area contributed by atoms with Crippen LogP contribution in [0, 0.1) is 5.82 Å². The topological polar surface area (TPSA) is 59.2 Å². The molecule has 0 aliphatic carbocycles. The number of rotatable bonds is 3. The van der Waals surface area contributed by atoms with Crippen LogP contribution in [-0.2, 0) is 6.42 Å². The lowest BCUT2D eigenvalue weighted by Crippen LogP contribution is -2.46. The van der Waals surface area contributed by atoms with Gasteiger partial charge in [0.2, 0.25) is 0 Å². The minimum Gasteiger partial charge on any atom is -0.352 e. The van der Waals surface area contributed by atoms with Gasteiger partial charge in [0.25, 0.3) is 0 Å². The second-order valence-corrected chi connectivity index (χ2v) is 5.40. The van der Waals surface area contributed by atoms with E-state index < -0.39 is 0 Å². The number of hydrogen-bond acceptors (Lipinski definition) is 5. The second kappa shape index (κ2) is 5.01. The predicted octanol–water partition coefficient (Wildman–Crippen LogP) is 1.82. The molecule has 0 saturated carbocycles. The van der Waals surface area contributed by atoms with Gasteiger partial charge in [0.05, 0.1) is 11.6 Å². The number of hydrogen-bond donors (Lipinski definition) is 0. The minimum absolute atomic E-state index is 0.233. The van der Waals surface area contributed by atoms with Crippen molar-refractivity contribution in [3.05, 3.63) is 48.1 Å². The standard InChI is InChI=1S/C15H15FN6/c1-2-11-13(16)15(18-9-17-11)21-7-10(8-21)14-20-19-12-5-3-4-6-22(12)14/h3-6,9-10H,2,7-8H2,1H3. The van der Waals surface area contributed by atoms with Crippen molar-refractivity contribution in [3.63, 3.8) is 0 Å². The van der Waals surface area contributed by atoms with Gasteiger partial charge in [0.15, 0.2) is 17.3 Å². The summed E-state index contributed by atoms with van der Waals surface area (Å²) in [5.74, 6) is 1.22. The van der Waals surface area contributed by atoms with Gasteiger partial charge < -0.3 is 4.90 Å². The molecule has 0 amide bonds. The number of pyridine rings is 1. The molecule has 0 spiro atoms. The first-order valence-electron chi connectivity index (χ1n) is 7.32. The van der Waals surface area contributed by atoms with Crippen LogP contribution in [-0.4, -0.2) is 37.7 Å². The van der Waals surface area contributed by atoms with Crippen LogP contribution < -0.4 is 4.90 Å². The third-order valence-electron chi connectivity index (χ3n) is 4.06. The Balaban J connectivity index is 1.57. The first kappa shape index (κ1) is 13.1. The Kier molecular flexibility index (Phi) is 2.99. The number of halogens is 1. The van der Waals surface area contributed by atoms with E-state index in [0.29, 0.717) is 31.0 Å². The van der Waals surface area contributed by atoms with Crippen molar-refractivity contribution in [2.75, 3.05) is 18.0 Å². The molecule has 0 radical (unpaired) electrons. The Morgan fingerprint density at radius 2 is 2.09 bits per heavy atom. The molecule has 112 valence electrons. The molecule has 6 nitrogen and oxygen atoms in total. The van der Waals surface area contributed by atoms with E-state index in [4.69, 9.17) is 0 Å². The largest absolute Gasteiger partial charge is 0.352 e. The van der Waals surface area contributed by atoms with Crippen LogP contribution in [0.5, 0.6) is 0 Å². The molecule has 0 bridgehead atoms. The van der Waals surface area contributed by atoms with Gasteiger partial charge in [-0.1, -0.05) is 13.0 Å². The van der Waals surface area contributed by atoms with E-state index in [0.717, 1.165) is 11.5 Å². The molecule has 0 atom stereocenters. The van der Waals surface area contributed by atoms with Crippen LogP contribution in [0.3, 0.4) is 0 Å². The Morgan fingerprint density at radius 1 is 1.23 bits per heavy atom. The number of nitrogens with zero attached hydrogens (tertiary/aromatic N) is 6. The van der Waals surface area contributed by atoms with Gasteiger partial charge >= 0.3 is 0 Å². The van der Waals surface area contributed by atoms with Crippen LogP contribution in [0.4, 0.5) is 10.2 Å². The molecule has 0 N–H and O–H groups in total. The summed E-state index contributed by atoms with van der Waals surface area (Å²) >= 11 is 0. The van der Waals surface area contributed by atoms with E-state index in [2.05, 4.69) is 20.2 Å². The van der Waals surface area contributed by atoms with E-state index in [1.54, 1.807) is 0 Å². The normalized spacial score (nSPS) is 15.3. The fourth-order valence-corrected chi connectivity index (χ4v) is 2.82. The Hall–Kier alpha value is -2.57. The molecule has 1 aliphatic rings. The van der Waals surface area contributed by atoms with Crippen molar-refractivity contribution in [1.82, 2.24) is 24.6 Å². The van der Waals surface area contributed by atoms with Crippen molar-refractivity contribution in [2.24, 2.45) is 0 Å². The highest BCUT2D eigenvalue weighted by Crippen LogP contribution is 2.31. The molecular formula is C15H15FN6. The van der Waals surface area contributed by atoms with Crippen LogP contribution in [0.2, 0.25) is 0 Å². The van der Waals surface area contributed by atoms with Crippen molar-refractivity contribution >= 4 is 11.5 Å². The van der Waals surface area contributed by atoms with Crippen LogP contribution >= 0.6 is 0 Å². The van der Waals surface area contributed by atoms with E-state index >= 15 is 0 Å². The summed E-state index contributed by atoms with van der Waals surface area (Å²) in [5, 5.41) is 8.42. The molecule has 0 aromatic carbocycles. The first-order chi connectivity index (χ1) is 10.8. The average molecular weight is 298 g/mol. The van der Waals surface area contributed by atoms with Gasteiger partial charge in [-0.15, -0.1) is 10.2 Å². The van der Waals surface area contributed by atoms with Gasteiger partial charge in [0.1, 0.15) is 12.2 Å². The van der Waals surface area contributed by atoms with E-state index in [1.165, 1.54) is 6.33 Å². The molecule has 7 heteroatoms. The fraction of sp³-hybridized carbons (Fsp3) is 0.333. The number of aryl methyl sites for hydroxylation is 1. The maximum absolute atomic E-state index is 14.3. The van der Waals surface area contributed by atoms with Crippen LogP contribution in [0.15, 0.2) is 30.7 Å². The summed E-state index contributed by atoms with van der Waals surface area (Å²) in [7, 11) is 0.